The number of thiazole rings is 1. The number of methoxy groups -OCH3 is 1. The van der Waals surface area contributed by atoms with Crippen LogP contribution in [-0.2, 0) is 13.0 Å². The standard InChI is InChI=1S/C14H17BrN2OS/c1-10-9-19-14(17-10)5-6-16-8-11-7-12(15)3-4-13(11)18-2/h3-4,7,9,16H,5-6,8H2,1-2H3. The number of nitrogens with one attached hydrogen (secondary N) is 1. The lowest BCUT2D eigenvalue weighted by atomic mass is 10.2. The summed E-state index contributed by atoms with van der Waals surface area (Å²) in [5.74, 6) is 0.917. The maximum absolute atomic E-state index is 5.35. The molecule has 1 N–H and O–H groups in total. The second-order valence-electron chi connectivity index (χ2n) is 4.27. The van der Waals surface area contributed by atoms with Crippen molar-refractivity contribution < 1.29 is 4.74 Å². The highest BCUT2D eigenvalue weighted by Crippen LogP contribution is 2.22. The summed E-state index contributed by atoms with van der Waals surface area (Å²) < 4.78 is 6.42. The van der Waals surface area contributed by atoms with Gasteiger partial charge < -0.3 is 10.1 Å². The average molecular weight is 341 g/mol. The molecule has 5 heteroatoms. The van der Waals surface area contributed by atoms with Gasteiger partial charge in [0.05, 0.1) is 12.1 Å². The van der Waals surface area contributed by atoms with Crippen molar-refractivity contribution in [2.24, 2.45) is 0 Å². The first kappa shape index (κ1) is 14.5. The first-order valence-corrected chi connectivity index (χ1v) is 7.80. The average Bonchev–Trinajstić information content (AvgIpc) is 2.81. The van der Waals surface area contributed by atoms with E-state index in [1.165, 1.54) is 5.01 Å². The maximum atomic E-state index is 5.35. The molecule has 3 nitrogen and oxygen atoms in total. The molecule has 0 bridgehead atoms. The van der Waals surface area contributed by atoms with E-state index in [-0.39, 0.29) is 0 Å². The molecule has 2 aromatic rings. The van der Waals surface area contributed by atoms with Crippen LogP contribution in [0.5, 0.6) is 5.75 Å². The SMILES string of the molecule is COc1ccc(Br)cc1CNCCc1nc(C)cs1. The highest BCUT2D eigenvalue weighted by Gasteiger charge is 2.04. The molecule has 2 rings (SSSR count). The van der Waals surface area contributed by atoms with Crippen molar-refractivity contribution in [3.05, 3.63) is 44.3 Å². The molecule has 0 saturated carbocycles. The molecule has 0 unspecified atom stereocenters. The quantitative estimate of drug-likeness (QED) is 0.816. The Morgan fingerprint density at radius 1 is 1.42 bits per heavy atom. The second-order valence-corrected chi connectivity index (χ2v) is 6.12. The minimum atomic E-state index is 0.799. The Balaban J connectivity index is 1.83. The summed E-state index contributed by atoms with van der Waals surface area (Å²) in [6.07, 6.45) is 0.967. The van der Waals surface area contributed by atoms with Gasteiger partial charge in [-0.3, -0.25) is 0 Å². The maximum Gasteiger partial charge on any atom is 0.123 e. The van der Waals surface area contributed by atoms with Crippen LogP contribution in [0.2, 0.25) is 0 Å². The zero-order valence-corrected chi connectivity index (χ0v) is 13.5. The summed E-state index contributed by atoms with van der Waals surface area (Å²) in [5.41, 5.74) is 2.26. The van der Waals surface area contributed by atoms with Gasteiger partial charge in [0.15, 0.2) is 0 Å². The highest BCUT2D eigenvalue weighted by atomic mass is 79.9. The van der Waals surface area contributed by atoms with Gasteiger partial charge in [0.1, 0.15) is 5.75 Å². The predicted octanol–water partition coefficient (Wildman–Crippen LogP) is 3.55. The van der Waals surface area contributed by atoms with Gasteiger partial charge >= 0.3 is 0 Å². The smallest absolute Gasteiger partial charge is 0.123 e. The first-order chi connectivity index (χ1) is 9.19. The zero-order valence-electron chi connectivity index (χ0n) is 11.1. The van der Waals surface area contributed by atoms with Gasteiger partial charge in [0, 0.05) is 40.6 Å². The molecule has 1 heterocycles. The molecule has 1 aromatic heterocycles. The van der Waals surface area contributed by atoms with Crippen molar-refractivity contribution in [1.82, 2.24) is 10.3 Å². The molecule has 0 radical (unpaired) electrons. The largest absolute Gasteiger partial charge is 0.496 e. The molecular weight excluding hydrogens is 324 g/mol. The van der Waals surface area contributed by atoms with Crippen molar-refractivity contribution >= 4 is 27.3 Å². The van der Waals surface area contributed by atoms with E-state index in [2.05, 4.69) is 37.7 Å². The highest BCUT2D eigenvalue weighted by molar-refractivity contribution is 9.10. The Morgan fingerprint density at radius 3 is 2.95 bits per heavy atom. The van der Waals surface area contributed by atoms with Gasteiger partial charge in [-0.2, -0.15) is 0 Å². The number of hydrogen-bond acceptors (Lipinski definition) is 4. The molecule has 0 saturated heterocycles. The molecule has 0 aliphatic rings. The fourth-order valence-electron chi connectivity index (χ4n) is 1.82. The summed E-state index contributed by atoms with van der Waals surface area (Å²) >= 11 is 5.20. The topological polar surface area (TPSA) is 34.1 Å². The Bertz CT molecular complexity index is 542. The summed E-state index contributed by atoms with van der Waals surface area (Å²) in [5, 5.41) is 6.70. The summed E-state index contributed by atoms with van der Waals surface area (Å²) in [6.45, 7) is 3.75. The summed E-state index contributed by atoms with van der Waals surface area (Å²) in [7, 11) is 1.70. The van der Waals surface area contributed by atoms with E-state index in [4.69, 9.17) is 4.74 Å². The fraction of sp³-hybridized carbons (Fsp3) is 0.357. The number of nitrogens with zero attached hydrogens (tertiary/aromatic N) is 1. The molecule has 0 aliphatic carbocycles. The van der Waals surface area contributed by atoms with Crippen LogP contribution in [0.1, 0.15) is 16.3 Å². The van der Waals surface area contributed by atoms with Gasteiger partial charge in [0.2, 0.25) is 0 Å². The lowest BCUT2D eigenvalue weighted by Crippen LogP contribution is -2.17. The minimum absolute atomic E-state index is 0.799. The monoisotopic (exact) mass is 340 g/mol. The second kappa shape index (κ2) is 7.03. The van der Waals surface area contributed by atoms with Gasteiger partial charge in [-0.25, -0.2) is 4.98 Å². The Morgan fingerprint density at radius 2 is 2.26 bits per heavy atom. The van der Waals surface area contributed by atoms with E-state index in [9.17, 15) is 0 Å². The number of halogens is 1. The van der Waals surface area contributed by atoms with Crippen LogP contribution in [0.25, 0.3) is 0 Å². The first-order valence-electron chi connectivity index (χ1n) is 6.13. The van der Waals surface area contributed by atoms with Crippen molar-refractivity contribution in [3.63, 3.8) is 0 Å². The van der Waals surface area contributed by atoms with E-state index >= 15 is 0 Å². The Kier molecular flexibility index (Phi) is 5.36. The molecule has 0 fully saturated rings. The third-order valence-electron chi connectivity index (χ3n) is 2.74. The third kappa shape index (κ3) is 4.30. The van der Waals surface area contributed by atoms with Gasteiger partial charge in [0.25, 0.3) is 0 Å². The number of aromatic nitrogens is 1. The summed E-state index contributed by atoms with van der Waals surface area (Å²) in [4.78, 5) is 4.45. The number of rotatable bonds is 6. The van der Waals surface area contributed by atoms with Crippen LogP contribution in [-0.4, -0.2) is 18.6 Å². The lowest BCUT2D eigenvalue weighted by molar-refractivity contribution is 0.407. The molecule has 0 spiro atoms. The van der Waals surface area contributed by atoms with Gasteiger partial charge in [-0.15, -0.1) is 11.3 Å². The lowest BCUT2D eigenvalue weighted by Gasteiger charge is -2.09. The third-order valence-corrected chi connectivity index (χ3v) is 4.26. The number of aryl methyl sites for hydroxylation is 1. The summed E-state index contributed by atoms with van der Waals surface area (Å²) in [6, 6.07) is 6.05. The van der Waals surface area contributed by atoms with Crippen molar-refractivity contribution in [2.75, 3.05) is 13.7 Å². The van der Waals surface area contributed by atoms with Crippen LogP contribution >= 0.6 is 27.3 Å². The van der Waals surface area contributed by atoms with Gasteiger partial charge in [-0.05, 0) is 25.1 Å². The van der Waals surface area contributed by atoms with Gasteiger partial charge in [-0.1, -0.05) is 15.9 Å². The molecular formula is C14H17BrN2OS. The number of ether oxygens (including phenoxy) is 1. The van der Waals surface area contributed by atoms with Crippen LogP contribution < -0.4 is 10.1 Å². The van der Waals surface area contributed by atoms with E-state index < -0.39 is 0 Å². The number of benzene rings is 1. The molecule has 0 aliphatic heterocycles. The van der Waals surface area contributed by atoms with E-state index in [0.29, 0.717) is 0 Å². The van der Waals surface area contributed by atoms with E-state index in [0.717, 1.165) is 41.0 Å². The van der Waals surface area contributed by atoms with Crippen LogP contribution in [0.4, 0.5) is 0 Å². The fourth-order valence-corrected chi connectivity index (χ4v) is 3.01. The molecule has 19 heavy (non-hydrogen) atoms. The van der Waals surface area contributed by atoms with Crippen LogP contribution in [0.3, 0.4) is 0 Å². The van der Waals surface area contributed by atoms with Crippen molar-refractivity contribution in [3.8, 4) is 5.75 Å². The molecule has 102 valence electrons. The predicted molar refractivity (Wildman–Crippen MR) is 83.0 cm³/mol. The minimum Gasteiger partial charge on any atom is -0.496 e. The van der Waals surface area contributed by atoms with Crippen LogP contribution in [0.15, 0.2) is 28.1 Å². The zero-order chi connectivity index (χ0) is 13.7. The Hall–Kier alpha value is -0.910. The molecule has 0 atom stereocenters. The normalized spacial score (nSPS) is 10.7. The van der Waals surface area contributed by atoms with Crippen molar-refractivity contribution in [2.45, 2.75) is 19.9 Å². The molecule has 0 amide bonds. The van der Waals surface area contributed by atoms with Crippen LogP contribution in [0, 0.1) is 6.92 Å². The van der Waals surface area contributed by atoms with E-state index in [1.54, 1.807) is 18.4 Å². The Labute approximate surface area is 126 Å². The molecule has 1 aromatic carbocycles. The number of hydrogen-bond donors (Lipinski definition) is 1. The van der Waals surface area contributed by atoms with Crippen molar-refractivity contribution in [1.29, 1.82) is 0 Å². The van der Waals surface area contributed by atoms with E-state index in [1.807, 2.05) is 19.1 Å².